The van der Waals surface area contributed by atoms with Crippen LogP contribution in [0.1, 0.15) is 5.56 Å². The largest absolute Gasteiger partial charge is 0.462 e. The molecule has 0 bridgehead atoms. The number of epoxide rings is 2. The second-order valence-electron chi connectivity index (χ2n) is 6.78. The molecule has 146 valence electrons. The Labute approximate surface area is 168 Å². The van der Waals surface area contributed by atoms with Gasteiger partial charge >= 0.3 is 0 Å². The number of ether oxygens (including phenoxy) is 4. The minimum absolute atomic E-state index is 0.0772. The Morgan fingerprint density at radius 3 is 1.72 bits per heavy atom. The molecule has 2 heterocycles. The van der Waals surface area contributed by atoms with E-state index in [9.17, 15) is 0 Å². The van der Waals surface area contributed by atoms with Crippen molar-refractivity contribution < 1.29 is 18.9 Å². The molecule has 0 aromatic heterocycles. The Hall–Kier alpha value is -3.35. The highest BCUT2D eigenvalue weighted by atomic mass is 16.8. The summed E-state index contributed by atoms with van der Waals surface area (Å²) in [6.45, 7) is 1.34. The molecular weight excluding hydrogens is 368 g/mol. The topological polar surface area (TPSA) is 67.9 Å². The maximum atomic E-state index is 5.56. The fraction of sp³-hybridized carbons (Fsp3) is 0.174. The average Bonchev–Trinajstić information content (AvgIpc) is 3.67. The Morgan fingerprint density at radius 2 is 1.21 bits per heavy atom. The summed E-state index contributed by atoms with van der Waals surface area (Å²) in [7, 11) is 0. The third-order valence-corrected chi connectivity index (χ3v) is 4.39. The highest BCUT2D eigenvalue weighted by molar-refractivity contribution is 5.82. The van der Waals surface area contributed by atoms with Crippen LogP contribution in [0.5, 0.6) is 11.5 Å². The first-order valence-electron chi connectivity index (χ1n) is 9.48. The molecule has 5 rings (SSSR count). The number of benzene rings is 3. The molecule has 6 nitrogen and oxygen atoms in total. The predicted molar refractivity (Wildman–Crippen MR) is 111 cm³/mol. The normalized spacial score (nSPS) is 19.7. The number of anilines is 2. The van der Waals surface area contributed by atoms with Crippen molar-refractivity contribution in [3.8, 4) is 11.5 Å². The summed E-state index contributed by atoms with van der Waals surface area (Å²) in [4.78, 5) is 4.51. The fourth-order valence-corrected chi connectivity index (χ4v) is 2.71. The minimum Gasteiger partial charge on any atom is -0.462 e. The van der Waals surface area contributed by atoms with E-state index in [4.69, 9.17) is 18.9 Å². The number of aliphatic imine (C=N–C) groups is 1. The van der Waals surface area contributed by atoms with Gasteiger partial charge in [0.1, 0.15) is 24.7 Å². The van der Waals surface area contributed by atoms with Crippen LogP contribution in [0.3, 0.4) is 0 Å². The number of nitrogens with one attached hydrogen (secondary N) is 1. The van der Waals surface area contributed by atoms with E-state index in [0.29, 0.717) is 13.2 Å². The second kappa shape index (κ2) is 7.95. The van der Waals surface area contributed by atoms with Gasteiger partial charge in [0.25, 0.3) is 0 Å². The van der Waals surface area contributed by atoms with Gasteiger partial charge in [-0.05, 0) is 66.2 Å². The van der Waals surface area contributed by atoms with Crippen molar-refractivity contribution in [2.45, 2.75) is 12.6 Å². The second-order valence-corrected chi connectivity index (χ2v) is 6.78. The predicted octanol–water partition coefficient (Wildman–Crippen LogP) is 4.65. The quantitative estimate of drug-likeness (QED) is 0.449. The molecule has 29 heavy (non-hydrogen) atoms. The van der Waals surface area contributed by atoms with Gasteiger partial charge in [0.15, 0.2) is 0 Å². The molecule has 2 aliphatic heterocycles. The lowest BCUT2D eigenvalue weighted by molar-refractivity contribution is 0.179. The fourth-order valence-electron chi connectivity index (χ4n) is 2.71. The molecule has 2 atom stereocenters. The third kappa shape index (κ3) is 5.13. The van der Waals surface area contributed by atoms with E-state index in [2.05, 4.69) is 10.3 Å². The summed E-state index contributed by atoms with van der Waals surface area (Å²) in [5.41, 5.74) is 3.89. The van der Waals surface area contributed by atoms with Crippen LogP contribution in [0.2, 0.25) is 0 Å². The van der Waals surface area contributed by atoms with E-state index in [1.807, 2.05) is 79.0 Å². The van der Waals surface area contributed by atoms with E-state index in [0.717, 1.165) is 34.1 Å². The minimum atomic E-state index is -0.0833. The highest BCUT2D eigenvalue weighted by Crippen LogP contribution is 2.24. The molecule has 2 aliphatic rings. The van der Waals surface area contributed by atoms with E-state index < -0.39 is 0 Å². The maximum absolute atomic E-state index is 5.56. The molecule has 3 aromatic carbocycles. The smallest absolute Gasteiger partial charge is 0.223 e. The lowest BCUT2D eigenvalue weighted by Crippen LogP contribution is -1.97. The van der Waals surface area contributed by atoms with Crippen LogP contribution in [0.4, 0.5) is 17.1 Å². The standard InChI is InChI=1S/C23H20N2O4/c1-3-18(25-19-7-11-21(12-8-19)29-23-15-27-23)4-2-16(1)13-24-17-5-9-20(10-6-17)28-22-14-26-22/h1-13,22-23,25H,14-15H2. The molecule has 3 aromatic rings. The van der Waals surface area contributed by atoms with Crippen LogP contribution in [-0.4, -0.2) is 32.0 Å². The van der Waals surface area contributed by atoms with Crippen molar-refractivity contribution in [3.63, 3.8) is 0 Å². The number of nitrogens with zero attached hydrogens (tertiary/aromatic N) is 1. The summed E-state index contributed by atoms with van der Waals surface area (Å²) < 4.78 is 21.2. The zero-order chi connectivity index (χ0) is 19.5. The Balaban J connectivity index is 1.16. The molecule has 0 aliphatic carbocycles. The average molecular weight is 388 g/mol. The number of hydrogen-bond acceptors (Lipinski definition) is 6. The lowest BCUT2D eigenvalue weighted by atomic mass is 10.2. The molecule has 0 saturated carbocycles. The van der Waals surface area contributed by atoms with Gasteiger partial charge in [-0.15, -0.1) is 0 Å². The number of hydrogen-bond donors (Lipinski definition) is 1. The van der Waals surface area contributed by atoms with Crippen molar-refractivity contribution in [1.29, 1.82) is 0 Å². The molecule has 0 amide bonds. The van der Waals surface area contributed by atoms with Gasteiger partial charge in [0.2, 0.25) is 12.6 Å². The van der Waals surface area contributed by atoms with Gasteiger partial charge in [0.05, 0.1) is 5.69 Å². The van der Waals surface area contributed by atoms with E-state index in [1.165, 1.54) is 0 Å². The van der Waals surface area contributed by atoms with Gasteiger partial charge in [-0.2, -0.15) is 0 Å². The zero-order valence-electron chi connectivity index (χ0n) is 15.7. The van der Waals surface area contributed by atoms with E-state index >= 15 is 0 Å². The van der Waals surface area contributed by atoms with Gasteiger partial charge in [0, 0.05) is 17.6 Å². The van der Waals surface area contributed by atoms with Crippen LogP contribution in [-0.2, 0) is 9.47 Å². The van der Waals surface area contributed by atoms with Crippen LogP contribution < -0.4 is 14.8 Å². The van der Waals surface area contributed by atoms with Crippen molar-refractivity contribution in [2.75, 3.05) is 18.5 Å². The Kier molecular flexibility index (Phi) is 4.86. The van der Waals surface area contributed by atoms with Gasteiger partial charge in [-0.25, -0.2) is 0 Å². The monoisotopic (exact) mass is 388 g/mol. The van der Waals surface area contributed by atoms with Gasteiger partial charge < -0.3 is 24.3 Å². The van der Waals surface area contributed by atoms with Crippen molar-refractivity contribution >= 4 is 23.3 Å². The highest BCUT2D eigenvalue weighted by Gasteiger charge is 2.25. The molecule has 0 spiro atoms. The molecule has 2 saturated heterocycles. The molecule has 0 radical (unpaired) electrons. The van der Waals surface area contributed by atoms with Crippen molar-refractivity contribution in [2.24, 2.45) is 4.99 Å². The van der Waals surface area contributed by atoms with Gasteiger partial charge in [-0.1, -0.05) is 12.1 Å². The summed E-state index contributed by atoms with van der Waals surface area (Å²) >= 11 is 0. The van der Waals surface area contributed by atoms with E-state index in [-0.39, 0.29) is 12.6 Å². The Bertz CT molecular complexity index is 977. The van der Waals surface area contributed by atoms with Crippen LogP contribution in [0.25, 0.3) is 0 Å². The summed E-state index contributed by atoms with van der Waals surface area (Å²) in [5.74, 6) is 1.60. The van der Waals surface area contributed by atoms with Crippen LogP contribution in [0, 0.1) is 0 Å². The lowest BCUT2D eigenvalue weighted by Gasteiger charge is -2.08. The molecule has 2 fully saturated rings. The summed E-state index contributed by atoms with van der Waals surface area (Å²) in [6, 6.07) is 23.6. The molecule has 6 heteroatoms. The summed E-state index contributed by atoms with van der Waals surface area (Å²) in [5, 5.41) is 3.37. The summed E-state index contributed by atoms with van der Waals surface area (Å²) in [6.07, 6.45) is 1.68. The first-order valence-corrected chi connectivity index (χ1v) is 9.48. The molecular formula is C23H20N2O4. The maximum Gasteiger partial charge on any atom is 0.223 e. The van der Waals surface area contributed by atoms with Crippen LogP contribution in [0.15, 0.2) is 77.8 Å². The Morgan fingerprint density at radius 1 is 0.724 bits per heavy atom. The van der Waals surface area contributed by atoms with Crippen LogP contribution >= 0.6 is 0 Å². The number of rotatable bonds is 8. The molecule has 1 N–H and O–H groups in total. The van der Waals surface area contributed by atoms with Crippen molar-refractivity contribution in [3.05, 3.63) is 78.4 Å². The SMILES string of the molecule is C(=Nc1ccc(OC2CO2)cc1)c1ccc(Nc2ccc(OC3CO3)cc2)cc1. The molecule has 2 unspecified atom stereocenters. The zero-order valence-corrected chi connectivity index (χ0v) is 15.7. The third-order valence-electron chi connectivity index (χ3n) is 4.39. The van der Waals surface area contributed by atoms with Gasteiger partial charge in [-0.3, -0.25) is 4.99 Å². The first-order chi connectivity index (χ1) is 14.3. The van der Waals surface area contributed by atoms with E-state index in [1.54, 1.807) is 0 Å². The first kappa shape index (κ1) is 17.7. The van der Waals surface area contributed by atoms with Crippen molar-refractivity contribution in [1.82, 2.24) is 0 Å².